The number of hydrogen-bond acceptors (Lipinski definition) is 6. The summed E-state index contributed by atoms with van der Waals surface area (Å²) in [6, 6.07) is -0.0594. The predicted octanol–water partition coefficient (Wildman–Crippen LogP) is 4.75. The summed E-state index contributed by atoms with van der Waals surface area (Å²) in [5.41, 5.74) is -0.724. The molecule has 2 unspecified atom stereocenters. The Hall–Kier alpha value is -2.56. The van der Waals surface area contributed by atoms with Crippen LogP contribution in [0.3, 0.4) is 0 Å². The molecule has 1 aromatic rings. The maximum Gasteiger partial charge on any atom is 0.389 e. The highest BCUT2D eigenvalue weighted by molar-refractivity contribution is 5.95. The summed E-state index contributed by atoms with van der Waals surface area (Å²) in [4.78, 5) is 27.2. The first kappa shape index (κ1) is 28.4. The lowest BCUT2D eigenvalue weighted by Crippen LogP contribution is -2.44. The van der Waals surface area contributed by atoms with E-state index in [9.17, 15) is 18.0 Å². The fourth-order valence-electron chi connectivity index (χ4n) is 5.44. The van der Waals surface area contributed by atoms with Crippen LogP contribution in [0.5, 0.6) is 5.75 Å². The number of nitrogens with one attached hydrogen (secondary N) is 1. The van der Waals surface area contributed by atoms with Crippen LogP contribution in [0.25, 0.3) is 0 Å². The van der Waals surface area contributed by atoms with Gasteiger partial charge in [0.15, 0.2) is 12.4 Å². The highest BCUT2D eigenvalue weighted by Gasteiger charge is 2.36. The monoisotopic (exact) mass is 539 g/mol. The van der Waals surface area contributed by atoms with E-state index in [4.69, 9.17) is 4.74 Å². The van der Waals surface area contributed by atoms with Crippen LogP contribution in [0.4, 0.5) is 17.6 Å². The minimum absolute atomic E-state index is 0.00846. The van der Waals surface area contributed by atoms with E-state index in [0.717, 1.165) is 25.9 Å². The zero-order valence-corrected chi connectivity index (χ0v) is 21.9. The molecular weight excluding hydrogens is 502 g/mol. The van der Waals surface area contributed by atoms with Gasteiger partial charge < -0.3 is 15.0 Å². The summed E-state index contributed by atoms with van der Waals surface area (Å²) in [5.74, 6) is 1.03. The highest BCUT2D eigenvalue weighted by atomic mass is 19.4. The van der Waals surface area contributed by atoms with Gasteiger partial charge in [-0.15, -0.1) is 0 Å². The largest absolute Gasteiger partial charge is 0.481 e. The standard InChI is InChI=1S/C27H37F4N5O2/c1-19-32-16-23(17-33-19)38-18-25(37)35-22-4-9-26(28,10-5-22)12-15-36-13-7-20-2-3-21(6-11-27(29,30)31)34-24(20)8-14-36/h2-3,16-17,20,22,24H,4-15,18H2,1H3,(H,35,37). The van der Waals surface area contributed by atoms with Crippen molar-refractivity contribution in [3.05, 3.63) is 30.4 Å². The van der Waals surface area contributed by atoms with Crippen LogP contribution >= 0.6 is 0 Å². The first-order valence-corrected chi connectivity index (χ1v) is 13.5. The van der Waals surface area contributed by atoms with Gasteiger partial charge in [0.25, 0.3) is 5.91 Å². The number of alkyl halides is 4. The van der Waals surface area contributed by atoms with Crippen molar-refractivity contribution in [2.75, 3.05) is 26.2 Å². The zero-order chi connectivity index (χ0) is 27.2. The van der Waals surface area contributed by atoms with Gasteiger partial charge >= 0.3 is 6.18 Å². The molecule has 7 nitrogen and oxygen atoms in total. The van der Waals surface area contributed by atoms with Crippen LogP contribution in [0.15, 0.2) is 29.5 Å². The van der Waals surface area contributed by atoms with Crippen LogP contribution in [0.2, 0.25) is 0 Å². The summed E-state index contributed by atoms with van der Waals surface area (Å²) in [5, 5.41) is 2.94. The summed E-state index contributed by atoms with van der Waals surface area (Å²) in [7, 11) is 0. The summed E-state index contributed by atoms with van der Waals surface area (Å²) in [6.45, 7) is 3.88. The summed E-state index contributed by atoms with van der Waals surface area (Å²) >= 11 is 0. The number of carbonyl (C=O) groups excluding carboxylic acids is 1. The van der Waals surface area contributed by atoms with Gasteiger partial charge in [-0.3, -0.25) is 9.79 Å². The van der Waals surface area contributed by atoms with Crippen molar-refractivity contribution in [3.8, 4) is 5.75 Å². The van der Waals surface area contributed by atoms with E-state index in [2.05, 4.69) is 25.2 Å². The molecule has 210 valence electrons. The highest BCUT2D eigenvalue weighted by Crippen LogP contribution is 2.36. The number of aryl methyl sites for hydroxylation is 1. The molecule has 1 amide bonds. The maximum absolute atomic E-state index is 15.6. The summed E-state index contributed by atoms with van der Waals surface area (Å²) in [6.07, 6.45) is 5.76. The molecule has 0 radical (unpaired) electrons. The molecule has 1 aromatic heterocycles. The molecule has 1 aliphatic carbocycles. The average Bonchev–Trinajstić information content (AvgIpc) is 3.09. The van der Waals surface area contributed by atoms with Crippen molar-refractivity contribution < 1.29 is 27.1 Å². The van der Waals surface area contributed by atoms with E-state index in [0.29, 0.717) is 55.9 Å². The van der Waals surface area contributed by atoms with Gasteiger partial charge in [0.2, 0.25) is 0 Å². The van der Waals surface area contributed by atoms with Crippen molar-refractivity contribution >= 4 is 11.6 Å². The topological polar surface area (TPSA) is 79.7 Å². The molecule has 1 saturated heterocycles. The van der Waals surface area contributed by atoms with Crippen LogP contribution in [0, 0.1) is 12.8 Å². The lowest BCUT2D eigenvalue weighted by molar-refractivity contribution is -0.132. The molecule has 4 rings (SSSR count). The first-order valence-electron chi connectivity index (χ1n) is 13.5. The third-order valence-electron chi connectivity index (χ3n) is 7.80. The van der Waals surface area contributed by atoms with Gasteiger partial charge in [0.1, 0.15) is 11.5 Å². The van der Waals surface area contributed by atoms with E-state index in [1.807, 2.05) is 6.08 Å². The Morgan fingerprint density at radius 3 is 2.58 bits per heavy atom. The van der Waals surface area contributed by atoms with Crippen molar-refractivity contribution in [2.45, 2.75) is 88.6 Å². The third kappa shape index (κ3) is 8.74. The van der Waals surface area contributed by atoms with Gasteiger partial charge in [-0.1, -0.05) is 6.08 Å². The predicted molar refractivity (Wildman–Crippen MR) is 136 cm³/mol. The van der Waals surface area contributed by atoms with Crippen LogP contribution in [-0.4, -0.2) is 76.7 Å². The number of halogens is 4. The second-order valence-corrected chi connectivity index (χ2v) is 10.7. The van der Waals surface area contributed by atoms with Crippen molar-refractivity contribution in [2.24, 2.45) is 10.9 Å². The Labute approximate surface area is 221 Å². The number of aliphatic imine (C=N–C) groups is 1. The number of amides is 1. The number of ether oxygens (including phenoxy) is 1. The van der Waals surface area contributed by atoms with E-state index < -0.39 is 18.3 Å². The van der Waals surface area contributed by atoms with Gasteiger partial charge in [0, 0.05) is 37.2 Å². The Kier molecular flexibility index (Phi) is 9.38. The molecule has 2 aliphatic heterocycles. The number of carbonyl (C=O) groups is 1. The number of fused-ring (bicyclic) bond motifs is 1. The third-order valence-corrected chi connectivity index (χ3v) is 7.80. The van der Waals surface area contributed by atoms with Crippen LogP contribution < -0.4 is 10.1 Å². The first-order chi connectivity index (χ1) is 18.1. The fourth-order valence-corrected chi connectivity index (χ4v) is 5.44. The molecule has 2 fully saturated rings. The van der Waals surface area contributed by atoms with Gasteiger partial charge in [-0.25, -0.2) is 14.4 Å². The molecule has 3 heterocycles. The van der Waals surface area contributed by atoms with Gasteiger partial charge in [0.05, 0.1) is 18.4 Å². The van der Waals surface area contributed by atoms with E-state index in [1.54, 1.807) is 13.0 Å². The van der Waals surface area contributed by atoms with Gasteiger partial charge in [-0.05, 0) is 70.9 Å². The van der Waals surface area contributed by atoms with Crippen LogP contribution in [-0.2, 0) is 4.79 Å². The molecule has 1 N–H and O–H groups in total. The van der Waals surface area contributed by atoms with Crippen molar-refractivity contribution in [1.82, 2.24) is 20.2 Å². The molecule has 11 heteroatoms. The second-order valence-electron chi connectivity index (χ2n) is 10.7. The zero-order valence-electron chi connectivity index (χ0n) is 21.9. The number of nitrogens with zero attached hydrogens (tertiary/aromatic N) is 4. The molecule has 0 spiro atoms. The van der Waals surface area contributed by atoms with E-state index in [1.165, 1.54) is 12.4 Å². The Morgan fingerprint density at radius 1 is 1.16 bits per heavy atom. The number of hydrogen-bond donors (Lipinski definition) is 1. The van der Waals surface area contributed by atoms with E-state index >= 15 is 4.39 Å². The molecule has 3 aliphatic rings. The van der Waals surface area contributed by atoms with Crippen molar-refractivity contribution in [3.63, 3.8) is 0 Å². The molecule has 2 atom stereocenters. The molecule has 1 saturated carbocycles. The van der Waals surface area contributed by atoms with E-state index in [-0.39, 0.29) is 36.9 Å². The number of rotatable bonds is 9. The van der Waals surface area contributed by atoms with Gasteiger partial charge in [-0.2, -0.15) is 13.2 Å². The SMILES string of the molecule is Cc1ncc(OCC(=O)NC2CCC(F)(CCN3CCC4C=CC(CCC(F)(F)F)=NC4CC3)CC2)cn1. The molecular formula is C27H37F4N5O2. The molecule has 38 heavy (non-hydrogen) atoms. The average molecular weight is 540 g/mol. The minimum atomic E-state index is -4.17. The lowest BCUT2D eigenvalue weighted by Gasteiger charge is -2.35. The number of dihydropyridines is 1. The minimum Gasteiger partial charge on any atom is -0.481 e. The number of allylic oxidation sites excluding steroid dienone is 1. The lowest BCUT2D eigenvalue weighted by atomic mass is 9.81. The maximum atomic E-state index is 15.6. The normalized spacial score (nSPS) is 28.2. The van der Waals surface area contributed by atoms with Crippen molar-refractivity contribution in [1.29, 1.82) is 0 Å². The quantitative estimate of drug-likeness (QED) is 0.458. The summed E-state index contributed by atoms with van der Waals surface area (Å²) < 4.78 is 58.7. The Bertz CT molecular complexity index is 990. The second kappa shape index (κ2) is 12.5. The Morgan fingerprint density at radius 2 is 1.87 bits per heavy atom. The number of likely N-dealkylation sites (tertiary alicyclic amines) is 1. The Balaban J connectivity index is 1.15. The molecule has 0 aromatic carbocycles. The number of aromatic nitrogens is 2. The fraction of sp³-hybridized carbons (Fsp3) is 0.704. The smallest absolute Gasteiger partial charge is 0.389 e. The van der Waals surface area contributed by atoms with Crippen LogP contribution in [0.1, 0.15) is 63.6 Å². The molecule has 0 bridgehead atoms.